The molecule has 0 bridgehead atoms. The third-order valence-corrected chi connectivity index (χ3v) is 7.70. The molecular formula is C30H38N2O. The number of aromatic nitrogens is 1. The van der Waals surface area contributed by atoms with Crippen molar-refractivity contribution < 1.29 is 4.74 Å². The second-order valence-corrected chi connectivity index (χ2v) is 10.0. The van der Waals surface area contributed by atoms with Gasteiger partial charge in [0.25, 0.3) is 0 Å². The lowest BCUT2D eigenvalue weighted by atomic mass is 9.88. The van der Waals surface area contributed by atoms with Crippen LogP contribution in [0.3, 0.4) is 0 Å². The van der Waals surface area contributed by atoms with Crippen molar-refractivity contribution >= 4 is 10.9 Å². The Kier molecular flexibility index (Phi) is 7.26. The first kappa shape index (κ1) is 22.4. The molecular weight excluding hydrogens is 404 g/mol. The lowest BCUT2D eigenvalue weighted by molar-refractivity contribution is 0.0660. The average molecular weight is 443 g/mol. The zero-order valence-electron chi connectivity index (χ0n) is 20.1. The minimum absolute atomic E-state index is 0.760. The molecule has 3 nitrogen and oxygen atoms in total. The zero-order chi connectivity index (χ0) is 22.5. The number of fused-ring (bicyclic) bond motifs is 1. The van der Waals surface area contributed by atoms with Gasteiger partial charge in [-0.25, -0.2) is 0 Å². The second-order valence-electron chi connectivity index (χ2n) is 10.0. The van der Waals surface area contributed by atoms with E-state index >= 15 is 0 Å². The maximum Gasteiger partial charge on any atom is 0.121 e. The average Bonchev–Trinajstić information content (AvgIpc) is 2.87. The number of rotatable bonds is 7. The van der Waals surface area contributed by atoms with Crippen LogP contribution in [-0.4, -0.2) is 35.1 Å². The van der Waals surface area contributed by atoms with Crippen LogP contribution in [0.2, 0.25) is 0 Å². The van der Waals surface area contributed by atoms with Crippen LogP contribution >= 0.6 is 0 Å². The standard InChI is InChI=1S/C30H38N2O/c1-23-21-29(24-11-5-2-6-12-24)28-18-17-27(22-30(28)31-23)33-20-19-32(25-13-7-3-8-14-25)26-15-9-4-10-16-26/h2,5-6,11-12,17-18,21-22,25-26H,3-4,7-10,13-16,19-20H2,1H3. The van der Waals surface area contributed by atoms with Crippen LogP contribution in [0.4, 0.5) is 0 Å². The highest BCUT2D eigenvalue weighted by Gasteiger charge is 2.28. The summed E-state index contributed by atoms with van der Waals surface area (Å²) in [6.07, 6.45) is 13.9. The molecule has 1 aromatic heterocycles. The molecule has 2 fully saturated rings. The van der Waals surface area contributed by atoms with E-state index in [1.165, 1.54) is 80.7 Å². The number of aryl methyl sites for hydroxylation is 1. The Hall–Kier alpha value is -2.39. The summed E-state index contributed by atoms with van der Waals surface area (Å²) < 4.78 is 6.33. The van der Waals surface area contributed by atoms with Crippen LogP contribution in [0.1, 0.15) is 69.9 Å². The highest BCUT2D eigenvalue weighted by atomic mass is 16.5. The van der Waals surface area contributed by atoms with E-state index in [4.69, 9.17) is 9.72 Å². The van der Waals surface area contributed by atoms with E-state index in [0.717, 1.165) is 42.2 Å². The van der Waals surface area contributed by atoms with Crippen molar-refractivity contribution in [3.63, 3.8) is 0 Å². The van der Waals surface area contributed by atoms with Gasteiger partial charge in [-0.1, -0.05) is 68.9 Å². The molecule has 0 spiro atoms. The van der Waals surface area contributed by atoms with Crippen molar-refractivity contribution in [1.29, 1.82) is 0 Å². The molecule has 0 amide bonds. The zero-order valence-corrected chi connectivity index (χ0v) is 20.1. The van der Waals surface area contributed by atoms with Gasteiger partial charge in [0, 0.05) is 35.8 Å². The first-order valence-electron chi connectivity index (χ1n) is 13.1. The van der Waals surface area contributed by atoms with Crippen LogP contribution < -0.4 is 4.74 Å². The predicted octanol–water partition coefficient (Wildman–Crippen LogP) is 7.56. The van der Waals surface area contributed by atoms with Gasteiger partial charge in [0.1, 0.15) is 12.4 Å². The molecule has 3 heteroatoms. The second kappa shape index (κ2) is 10.7. The molecule has 2 saturated carbocycles. The molecule has 33 heavy (non-hydrogen) atoms. The largest absolute Gasteiger partial charge is 0.492 e. The minimum Gasteiger partial charge on any atom is -0.492 e. The molecule has 0 atom stereocenters. The molecule has 1 heterocycles. The van der Waals surface area contributed by atoms with Gasteiger partial charge in [-0.2, -0.15) is 0 Å². The Balaban J connectivity index is 1.30. The molecule has 0 radical (unpaired) electrons. The highest BCUT2D eigenvalue weighted by Crippen LogP contribution is 2.32. The molecule has 3 aromatic rings. The first-order valence-corrected chi connectivity index (χ1v) is 13.1. The van der Waals surface area contributed by atoms with Crippen LogP contribution in [0.5, 0.6) is 5.75 Å². The van der Waals surface area contributed by atoms with Gasteiger partial charge >= 0.3 is 0 Å². The summed E-state index contributed by atoms with van der Waals surface area (Å²) >= 11 is 0. The van der Waals surface area contributed by atoms with E-state index in [1.54, 1.807) is 0 Å². The number of benzene rings is 2. The van der Waals surface area contributed by atoms with Gasteiger partial charge in [0.05, 0.1) is 5.52 Å². The van der Waals surface area contributed by atoms with E-state index in [9.17, 15) is 0 Å². The summed E-state index contributed by atoms with van der Waals surface area (Å²) in [6.45, 7) is 3.88. The van der Waals surface area contributed by atoms with Crippen LogP contribution in [-0.2, 0) is 0 Å². The topological polar surface area (TPSA) is 25.4 Å². The lowest BCUT2D eigenvalue weighted by Gasteiger charge is -2.41. The SMILES string of the molecule is Cc1cc(-c2ccccc2)c2ccc(OCCN(C3CCCCC3)C3CCCCC3)cc2n1. The molecule has 174 valence electrons. The van der Waals surface area contributed by atoms with Gasteiger partial charge in [0.2, 0.25) is 0 Å². The highest BCUT2D eigenvalue weighted by molar-refractivity contribution is 5.95. The smallest absolute Gasteiger partial charge is 0.121 e. The fraction of sp³-hybridized carbons (Fsp3) is 0.500. The molecule has 0 aliphatic heterocycles. The normalized spacial score (nSPS) is 18.1. The summed E-state index contributed by atoms with van der Waals surface area (Å²) in [7, 11) is 0. The Labute approximate surface area is 199 Å². The first-order chi connectivity index (χ1) is 16.3. The number of hydrogen-bond acceptors (Lipinski definition) is 3. The van der Waals surface area contributed by atoms with Gasteiger partial charge < -0.3 is 4.74 Å². The van der Waals surface area contributed by atoms with Gasteiger partial charge in [-0.15, -0.1) is 0 Å². The van der Waals surface area contributed by atoms with E-state index in [2.05, 4.69) is 66.4 Å². The van der Waals surface area contributed by atoms with Crippen molar-refractivity contribution in [1.82, 2.24) is 9.88 Å². The Bertz CT molecular complexity index is 1020. The summed E-state index contributed by atoms with van der Waals surface area (Å²) in [4.78, 5) is 7.65. The van der Waals surface area contributed by atoms with Gasteiger partial charge in [0.15, 0.2) is 0 Å². The molecule has 0 N–H and O–H groups in total. The molecule has 2 aromatic carbocycles. The van der Waals surface area contributed by atoms with Crippen LogP contribution in [0.15, 0.2) is 54.6 Å². The number of hydrogen-bond donors (Lipinski definition) is 0. The quantitative estimate of drug-likeness (QED) is 0.377. The van der Waals surface area contributed by atoms with E-state index < -0.39 is 0 Å². The molecule has 0 saturated heterocycles. The van der Waals surface area contributed by atoms with E-state index in [0.29, 0.717) is 0 Å². The van der Waals surface area contributed by atoms with Crippen LogP contribution in [0.25, 0.3) is 22.0 Å². The predicted molar refractivity (Wildman–Crippen MR) is 138 cm³/mol. The van der Waals surface area contributed by atoms with Gasteiger partial charge in [-0.3, -0.25) is 9.88 Å². The Morgan fingerprint density at radius 3 is 2.15 bits per heavy atom. The number of pyridine rings is 1. The lowest BCUT2D eigenvalue weighted by Crippen LogP contribution is -2.47. The number of ether oxygens (including phenoxy) is 1. The van der Waals surface area contributed by atoms with Crippen molar-refractivity contribution in [2.24, 2.45) is 0 Å². The fourth-order valence-electron chi connectivity index (χ4n) is 6.04. The molecule has 5 rings (SSSR count). The fourth-order valence-corrected chi connectivity index (χ4v) is 6.04. The van der Waals surface area contributed by atoms with Crippen molar-refractivity contribution in [3.8, 4) is 16.9 Å². The molecule has 2 aliphatic carbocycles. The monoisotopic (exact) mass is 442 g/mol. The maximum absolute atomic E-state index is 6.33. The van der Waals surface area contributed by atoms with E-state index in [1.807, 2.05) is 0 Å². The van der Waals surface area contributed by atoms with E-state index in [-0.39, 0.29) is 0 Å². The minimum atomic E-state index is 0.760. The van der Waals surface area contributed by atoms with Crippen molar-refractivity contribution in [2.75, 3.05) is 13.2 Å². The van der Waals surface area contributed by atoms with Gasteiger partial charge in [-0.05, 0) is 61.9 Å². The Morgan fingerprint density at radius 2 is 1.48 bits per heavy atom. The summed E-state index contributed by atoms with van der Waals surface area (Å²) in [6, 6.07) is 20.7. The molecule has 0 unspecified atom stereocenters. The summed E-state index contributed by atoms with van der Waals surface area (Å²) in [5.41, 5.74) is 4.53. The van der Waals surface area contributed by atoms with Crippen molar-refractivity contribution in [2.45, 2.75) is 83.2 Å². The number of nitrogens with zero attached hydrogens (tertiary/aromatic N) is 2. The third kappa shape index (κ3) is 5.41. The van der Waals surface area contributed by atoms with Crippen molar-refractivity contribution in [3.05, 3.63) is 60.3 Å². The Morgan fingerprint density at radius 1 is 0.818 bits per heavy atom. The van der Waals surface area contributed by atoms with Crippen LogP contribution in [0, 0.1) is 6.92 Å². The third-order valence-electron chi connectivity index (χ3n) is 7.70. The molecule has 2 aliphatic rings. The maximum atomic E-state index is 6.33. The summed E-state index contributed by atoms with van der Waals surface area (Å²) in [5.74, 6) is 0.937. The summed E-state index contributed by atoms with van der Waals surface area (Å²) in [5, 5.41) is 1.19.